The molecule has 9 heteroatoms. The van der Waals surface area contributed by atoms with Crippen molar-refractivity contribution in [2.75, 3.05) is 6.61 Å². The second kappa shape index (κ2) is 7.39. The molecular weight excluding hydrogens is 366 g/mol. The Hall–Kier alpha value is -3.88. The number of hydrogen-bond donors (Lipinski definition) is 0. The maximum Gasteiger partial charge on any atom is 0.281 e. The summed E-state index contributed by atoms with van der Waals surface area (Å²) in [7, 11) is 0. The van der Waals surface area contributed by atoms with E-state index in [0.717, 1.165) is 0 Å². The molecular formula is C19H15N3O6. The molecule has 0 N–H and O–H groups in total. The molecule has 1 aromatic carbocycles. The number of amides is 1. The Morgan fingerprint density at radius 3 is 2.57 bits per heavy atom. The topological polar surface area (TPSA) is 111 Å². The highest BCUT2D eigenvalue weighted by atomic mass is 16.6. The molecule has 0 fully saturated rings. The maximum absolute atomic E-state index is 12.7. The molecule has 3 aromatic rings. The zero-order valence-electron chi connectivity index (χ0n) is 14.6. The Balaban J connectivity index is 1.49. The van der Waals surface area contributed by atoms with Crippen LogP contribution in [0.3, 0.4) is 0 Å². The first-order valence-electron chi connectivity index (χ1n) is 8.46. The van der Waals surface area contributed by atoms with Gasteiger partial charge in [0.1, 0.15) is 29.0 Å². The van der Waals surface area contributed by atoms with Crippen molar-refractivity contribution in [3.05, 3.63) is 82.7 Å². The average Bonchev–Trinajstić information content (AvgIpc) is 3.46. The molecule has 142 valence electrons. The highest BCUT2D eigenvalue weighted by molar-refractivity contribution is 6.01. The van der Waals surface area contributed by atoms with Crippen molar-refractivity contribution in [1.29, 1.82) is 0 Å². The molecule has 9 nitrogen and oxygen atoms in total. The largest absolute Gasteiger partial charge is 0.484 e. The lowest BCUT2D eigenvalue weighted by atomic mass is 10.1. The van der Waals surface area contributed by atoms with Gasteiger partial charge in [-0.1, -0.05) is 0 Å². The fourth-order valence-electron chi connectivity index (χ4n) is 2.91. The highest BCUT2D eigenvalue weighted by Gasteiger charge is 2.35. The van der Waals surface area contributed by atoms with Gasteiger partial charge >= 0.3 is 0 Å². The van der Waals surface area contributed by atoms with Crippen LogP contribution in [-0.4, -0.2) is 28.2 Å². The Bertz CT molecular complexity index is 993. The number of rotatable bonds is 6. The molecule has 0 spiro atoms. The summed E-state index contributed by atoms with van der Waals surface area (Å²) < 4.78 is 16.3. The first kappa shape index (κ1) is 17.5. The van der Waals surface area contributed by atoms with E-state index < -0.39 is 11.0 Å². The van der Waals surface area contributed by atoms with Crippen molar-refractivity contribution in [3.63, 3.8) is 0 Å². The fourth-order valence-corrected chi connectivity index (χ4v) is 2.91. The van der Waals surface area contributed by atoms with E-state index in [2.05, 4.69) is 5.10 Å². The fraction of sp³-hybridized carbons (Fsp3) is 0.158. The lowest BCUT2D eigenvalue weighted by Gasteiger charge is -2.19. The van der Waals surface area contributed by atoms with E-state index in [-0.39, 0.29) is 18.2 Å². The van der Waals surface area contributed by atoms with E-state index in [1.165, 1.54) is 35.5 Å². The number of carbonyl (C=O) groups excluding carboxylic acids is 1. The Morgan fingerprint density at radius 2 is 1.93 bits per heavy atom. The number of ether oxygens (including phenoxy) is 1. The first-order chi connectivity index (χ1) is 13.6. The summed E-state index contributed by atoms with van der Waals surface area (Å²) in [6.07, 6.45) is 3.53. The Morgan fingerprint density at radius 1 is 1.18 bits per heavy atom. The average molecular weight is 381 g/mol. The van der Waals surface area contributed by atoms with Crippen molar-refractivity contribution >= 4 is 17.3 Å². The van der Waals surface area contributed by atoms with Crippen LogP contribution in [0.4, 0.5) is 5.69 Å². The van der Waals surface area contributed by atoms with Crippen LogP contribution in [0, 0.1) is 10.1 Å². The number of nitro benzene ring substituents is 1. The molecule has 2 aromatic heterocycles. The number of benzene rings is 1. The summed E-state index contributed by atoms with van der Waals surface area (Å²) in [4.78, 5) is 22.9. The summed E-state index contributed by atoms with van der Waals surface area (Å²) in [6.45, 7) is -0.274. The normalized spacial score (nSPS) is 16.1. The van der Waals surface area contributed by atoms with E-state index in [9.17, 15) is 14.9 Å². The lowest BCUT2D eigenvalue weighted by Crippen LogP contribution is -2.31. The van der Waals surface area contributed by atoms with Crippen LogP contribution < -0.4 is 4.74 Å². The SMILES string of the molecule is O=C(COc1ccc([N+](=O)[O-])cc1)N1N=C(c2ccco2)CC1c1ccco1. The van der Waals surface area contributed by atoms with Gasteiger partial charge in [0.25, 0.3) is 11.6 Å². The highest BCUT2D eigenvalue weighted by Crippen LogP contribution is 2.33. The van der Waals surface area contributed by atoms with Crippen LogP contribution in [0.1, 0.15) is 24.0 Å². The van der Waals surface area contributed by atoms with Crippen molar-refractivity contribution in [1.82, 2.24) is 5.01 Å². The molecule has 0 radical (unpaired) electrons. The number of hydrazone groups is 1. The van der Waals surface area contributed by atoms with Gasteiger partial charge in [0.15, 0.2) is 6.61 Å². The third-order valence-electron chi connectivity index (χ3n) is 4.25. The minimum atomic E-state index is -0.502. The molecule has 3 heterocycles. The standard InChI is InChI=1S/C19H15N3O6/c23-19(12-28-14-7-5-13(6-8-14)22(24)25)21-16(18-4-2-10-27-18)11-15(20-21)17-3-1-9-26-17/h1-10,16H,11-12H2. The van der Waals surface area contributed by atoms with E-state index in [4.69, 9.17) is 13.6 Å². The van der Waals surface area contributed by atoms with Gasteiger partial charge in [-0.15, -0.1) is 0 Å². The smallest absolute Gasteiger partial charge is 0.281 e. The predicted octanol–water partition coefficient (Wildman–Crippen LogP) is 3.54. The molecule has 1 unspecified atom stereocenters. The van der Waals surface area contributed by atoms with E-state index >= 15 is 0 Å². The number of furan rings is 2. The van der Waals surface area contributed by atoms with Gasteiger partial charge < -0.3 is 13.6 Å². The van der Waals surface area contributed by atoms with E-state index in [1.54, 1.807) is 30.5 Å². The van der Waals surface area contributed by atoms with Crippen LogP contribution in [0.25, 0.3) is 0 Å². The van der Waals surface area contributed by atoms with Gasteiger partial charge in [-0.2, -0.15) is 5.10 Å². The van der Waals surface area contributed by atoms with Gasteiger partial charge in [-0.25, -0.2) is 5.01 Å². The van der Waals surface area contributed by atoms with Gasteiger partial charge in [0.2, 0.25) is 0 Å². The minimum Gasteiger partial charge on any atom is -0.484 e. The van der Waals surface area contributed by atoms with Crippen LogP contribution in [0.5, 0.6) is 5.75 Å². The zero-order chi connectivity index (χ0) is 19.5. The van der Waals surface area contributed by atoms with Gasteiger partial charge in [-0.05, 0) is 36.4 Å². The van der Waals surface area contributed by atoms with Crippen LogP contribution in [0.15, 0.2) is 75.0 Å². The summed E-state index contributed by atoms with van der Waals surface area (Å²) in [5, 5.41) is 16.4. The van der Waals surface area contributed by atoms with Crippen molar-refractivity contribution in [2.24, 2.45) is 5.10 Å². The van der Waals surface area contributed by atoms with Crippen LogP contribution >= 0.6 is 0 Å². The maximum atomic E-state index is 12.7. The number of non-ortho nitro benzene ring substituents is 1. The van der Waals surface area contributed by atoms with E-state index in [1.807, 2.05) is 0 Å². The second-order valence-electron chi connectivity index (χ2n) is 6.04. The van der Waals surface area contributed by atoms with Crippen LogP contribution in [-0.2, 0) is 4.79 Å². The molecule has 1 aliphatic rings. The molecule has 0 aliphatic carbocycles. The first-order valence-corrected chi connectivity index (χ1v) is 8.46. The molecule has 0 saturated heterocycles. The molecule has 1 atom stereocenters. The number of hydrogen-bond acceptors (Lipinski definition) is 7. The van der Waals surface area contributed by atoms with Gasteiger partial charge in [-0.3, -0.25) is 14.9 Å². The summed E-state index contributed by atoms with van der Waals surface area (Å²) in [6, 6.07) is 12.2. The lowest BCUT2D eigenvalue weighted by molar-refractivity contribution is -0.384. The van der Waals surface area contributed by atoms with Crippen LogP contribution in [0.2, 0.25) is 0 Å². The number of carbonyl (C=O) groups is 1. The van der Waals surface area contributed by atoms with Gasteiger partial charge in [0.05, 0.1) is 17.4 Å². The molecule has 28 heavy (non-hydrogen) atoms. The molecule has 1 amide bonds. The van der Waals surface area contributed by atoms with Crippen molar-refractivity contribution < 1.29 is 23.3 Å². The zero-order valence-corrected chi connectivity index (χ0v) is 14.6. The summed E-state index contributed by atoms with van der Waals surface area (Å²) in [5.41, 5.74) is 0.582. The molecule has 4 rings (SSSR count). The Kier molecular flexibility index (Phi) is 4.63. The third-order valence-corrected chi connectivity index (χ3v) is 4.25. The quantitative estimate of drug-likeness (QED) is 0.477. The minimum absolute atomic E-state index is 0.0520. The van der Waals surface area contributed by atoms with Crippen molar-refractivity contribution in [3.8, 4) is 5.75 Å². The van der Waals surface area contributed by atoms with Gasteiger partial charge in [0, 0.05) is 18.6 Å². The molecule has 1 aliphatic heterocycles. The number of nitrogens with zero attached hydrogens (tertiary/aromatic N) is 3. The molecule has 0 saturated carbocycles. The molecule has 0 bridgehead atoms. The summed E-state index contributed by atoms with van der Waals surface area (Å²) in [5.74, 6) is 1.17. The second-order valence-corrected chi connectivity index (χ2v) is 6.04. The monoisotopic (exact) mass is 381 g/mol. The number of nitro groups is 1. The third kappa shape index (κ3) is 3.50. The predicted molar refractivity (Wildman–Crippen MR) is 96.7 cm³/mol. The Labute approximate surface area is 159 Å². The van der Waals surface area contributed by atoms with E-state index in [0.29, 0.717) is 29.4 Å². The van der Waals surface area contributed by atoms with Crippen molar-refractivity contribution in [2.45, 2.75) is 12.5 Å². The summed E-state index contributed by atoms with van der Waals surface area (Å²) >= 11 is 0.